The lowest BCUT2D eigenvalue weighted by Gasteiger charge is -2.25. The van der Waals surface area contributed by atoms with E-state index >= 15 is 0 Å². The zero-order valence-corrected chi connectivity index (χ0v) is 17.1. The molecule has 0 aliphatic rings. The van der Waals surface area contributed by atoms with Gasteiger partial charge in [0, 0.05) is 6.20 Å². The Morgan fingerprint density at radius 3 is 2.57 bits per heavy atom. The Hall–Kier alpha value is -3.52. The van der Waals surface area contributed by atoms with Gasteiger partial charge in [-0.3, -0.25) is 8.71 Å². The molecule has 0 amide bonds. The summed E-state index contributed by atoms with van der Waals surface area (Å²) >= 11 is 0. The van der Waals surface area contributed by atoms with Crippen LogP contribution in [0.15, 0.2) is 78.3 Å². The minimum Gasteiger partial charge on any atom is -0.286 e. The maximum absolute atomic E-state index is 14.0. The summed E-state index contributed by atoms with van der Waals surface area (Å²) in [5.41, 5.74) is 2.11. The summed E-state index contributed by atoms with van der Waals surface area (Å²) in [4.78, 5) is -0.00225. The smallest absolute Gasteiger partial charge is 0.268 e. The Morgan fingerprint density at radius 2 is 1.87 bits per heavy atom. The minimum absolute atomic E-state index is 0.00225. The number of hydrogen-bond acceptors (Lipinski definition) is 4. The van der Waals surface area contributed by atoms with Crippen molar-refractivity contribution in [2.75, 3.05) is 4.31 Å². The van der Waals surface area contributed by atoms with Crippen LogP contribution in [0.5, 0.6) is 0 Å². The molecule has 0 saturated heterocycles. The standard InChI is InChI=1S/C22H19FN4O2S/c1-3-17-9-11-18(12-10-17)15-27(20-7-4-6-19(23)14-20)30(28,29)21-8-5-13-26-16(2)24-25-22(21)26/h3-14H,1,15H2,2H3. The van der Waals surface area contributed by atoms with E-state index in [4.69, 9.17) is 0 Å². The van der Waals surface area contributed by atoms with Crippen LogP contribution < -0.4 is 4.31 Å². The molecule has 0 spiro atoms. The van der Waals surface area contributed by atoms with Crippen LogP contribution in [0.3, 0.4) is 0 Å². The molecule has 0 unspecified atom stereocenters. The number of aryl methyl sites for hydroxylation is 1. The summed E-state index contributed by atoms with van der Waals surface area (Å²) < 4.78 is 44.1. The van der Waals surface area contributed by atoms with E-state index in [0.717, 1.165) is 11.1 Å². The molecule has 2 heterocycles. The van der Waals surface area contributed by atoms with Crippen LogP contribution in [0.25, 0.3) is 11.7 Å². The molecule has 152 valence electrons. The van der Waals surface area contributed by atoms with E-state index in [9.17, 15) is 12.8 Å². The zero-order valence-electron chi connectivity index (χ0n) is 16.2. The number of hydrogen-bond donors (Lipinski definition) is 0. The second-order valence-electron chi connectivity index (χ2n) is 6.75. The van der Waals surface area contributed by atoms with E-state index in [2.05, 4.69) is 16.8 Å². The third-order valence-corrected chi connectivity index (χ3v) is 6.57. The predicted molar refractivity (Wildman–Crippen MR) is 114 cm³/mol. The first-order valence-electron chi connectivity index (χ1n) is 9.20. The third kappa shape index (κ3) is 3.57. The number of benzene rings is 2. The SMILES string of the molecule is C=Cc1ccc(CN(c2cccc(F)c2)S(=O)(=O)c2cccn3c(C)nnc23)cc1. The van der Waals surface area contributed by atoms with E-state index < -0.39 is 15.8 Å². The fraction of sp³-hybridized carbons (Fsp3) is 0.0909. The highest BCUT2D eigenvalue weighted by Gasteiger charge is 2.29. The summed E-state index contributed by atoms with van der Waals surface area (Å²) in [5.74, 6) is 0.0469. The van der Waals surface area contributed by atoms with Crippen molar-refractivity contribution in [3.05, 3.63) is 96.2 Å². The Balaban J connectivity index is 1.86. The van der Waals surface area contributed by atoms with Crippen molar-refractivity contribution in [3.63, 3.8) is 0 Å². The lowest BCUT2D eigenvalue weighted by molar-refractivity contribution is 0.590. The Labute approximate surface area is 174 Å². The van der Waals surface area contributed by atoms with Gasteiger partial charge in [0.1, 0.15) is 16.5 Å². The van der Waals surface area contributed by atoms with Gasteiger partial charge in [-0.25, -0.2) is 12.8 Å². The van der Waals surface area contributed by atoms with Gasteiger partial charge in [-0.15, -0.1) is 10.2 Å². The second-order valence-corrected chi connectivity index (χ2v) is 8.58. The molecule has 0 saturated carbocycles. The zero-order chi connectivity index (χ0) is 21.3. The molecular weight excluding hydrogens is 403 g/mol. The number of aromatic nitrogens is 3. The van der Waals surface area contributed by atoms with Crippen LogP contribution >= 0.6 is 0 Å². The van der Waals surface area contributed by atoms with Crippen LogP contribution in [-0.2, 0) is 16.6 Å². The molecule has 30 heavy (non-hydrogen) atoms. The quantitative estimate of drug-likeness (QED) is 0.467. The molecule has 2 aromatic heterocycles. The highest BCUT2D eigenvalue weighted by atomic mass is 32.2. The lowest BCUT2D eigenvalue weighted by Crippen LogP contribution is -2.31. The van der Waals surface area contributed by atoms with Gasteiger partial charge < -0.3 is 0 Å². The van der Waals surface area contributed by atoms with Gasteiger partial charge in [-0.05, 0) is 48.4 Å². The van der Waals surface area contributed by atoms with Gasteiger partial charge in [-0.1, -0.05) is 43.0 Å². The Bertz CT molecular complexity index is 1330. The average Bonchev–Trinajstić information content (AvgIpc) is 3.13. The van der Waals surface area contributed by atoms with Crippen molar-refractivity contribution in [3.8, 4) is 0 Å². The minimum atomic E-state index is -4.07. The monoisotopic (exact) mass is 422 g/mol. The summed E-state index contributed by atoms with van der Waals surface area (Å²) in [6.45, 7) is 5.49. The normalized spacial score (nSPS) is 11.5. The average molecular weight is 422 g/mol. The number of nitrogens with zero attached hydrogens (tertiary/aromatic N) is 4. The molecular formula is C22H19FN4O2S. The molecule has 2 aromatic carbocycles. The van der Waals surface area contributed by atoms with Gasteiger partial charge in [0.2, 0.25) is 0 Å². The van der Waals surface area contributed by atoms with E-state index in [1.54, 1.807) is 35.7 Å². The largest absolute Gasteiger partial charge is 0.286 e. The first kappa shape index (κ1) is 19.8. The highest BCUT2D eigenvalue weighted by molar-refractivity contribution is 7.93. The molecule has 6 nitrogen and oxygen atoms in total. The van der Waals surface area contributed by atoms with Gasteiger partial charge in [0.25, 0.3) is 10.0 Å². The topological polar surface area (TPSA) is 67.6 Å². The highest BCUT2D eigenvalue weighted by Crippen LogP contribution is 2.28. The van der Waals surface area contributed by atoms with Crippen molar-refractivity contribution in [1.82, 2.24) is 14.6 Å². The Kier molecular flexibility index (Phi) is 5.09. The molecule has 0 aliphatic carbocycles. The fourth-order valence-electron chi connectivity index (χ4n) is 3.20. The second kappa shape index (κ2) is 7.72. The molecule has 0 bridgehead atoms. The molecule has 0 aliphatic heterocycles. The molecule has 4 rings (SSSR count). The number of sulfonamides is 1. The fourth-order valence-corrected chi connectivity index (χ4v) is 4.77. The molecule has 0 N–H and O–H groups in total. The van der Waals surface area contributed by atoms with Crippen LogP contribution in [0.2, 0.25) is 0 Å². The summed E-state index contributed by atoms with van der Waals surface area (Å²) in [7, 11) is -4.07. The molecule has 8 heteroatoms. The van der Waals surface area contributed by atoms with Crippen molar-refractivity contribution >= 4 is 27.4 Å². The Morgan fingerprint density at radius 1 is 1.10 bits per heavy atom. The number of pyridine rings is 1. The lowest BCUT2D eigenvalue weighted by atomic mass is 10.1. The van der Waals surface area contributed by atoms with Crippen molar-refractivity contribution in [2.45, 2.75) is 18.4 Å². The van der Waals surface area contributed by atoms with Crippen molar-refractivity contribution < 1.29 is 12.8 Å². The summed E-state index contributed by atoms with van der Waals surface area (Å²) in [5, 5.41) is 8.01. The third-order valence-electron chi connectivity index (χ3n) is 4.78. The predicted octanol–water partition coefficient (Wildman–Crippen LogP) is 4.22. The maximum atomic E-state index is 14.0. The summed E-state index contributed by atoms with van der Waals surface area (Å²) in [6, 6.07) is 16.0. The van der Waals surface area contributed by atoms with Gasteiger partial charge in [0.15, 0.2) is 5.65 Å². The molecule has 0 fully saturated rings. The van der Waals surface area contributed by atoms with Gasteiger partial charge in [0.05, 0.1) is 12.2 Å². The van der Waals surface area contributed by atoms with Crippen molar-refractivity contribution in [2.24, 2.45) is 0 Å². The van der Waals surface area contributed by atoms with E-state index in [0.29, 0.717) is 5.82 Å². The number of rotatable bonds is 6. The van der Waals surface area contributed by atoms with Crippen LogP contribution in [-0.4, -0.2) is 23.0 Å². The van der Waals surface area contributed by atoms with Gasteiger partial charge >= 0.3 is 0 Å². The first-order chi connectivity index (χ1) is 14.4. The van der Waals surface area contributed by atoms with Crippen LogP contribution in [0, 0.1) is 12.7 Å². The van der Waals surface area contributed by atoms with Crippen LogP contribution in [0.4, 0.5) is 10.1 Å². The molecule has 0 radical (unpaired) electrons. The van der Waals surface area contributed by atoms with E-state index in [1.807, 2.05) is 24.3 Å². The first-order valence-corrected chi connectivity index (χ1v) is 10.6. The maximum Gasteiger partial charge on any atom is 0.268 e. The van der Waals surface area contributed by atoms with Crippen molar-refractivity contribution in [1.29, 1.82) is 0 Å². The number of fused-ring (bicyclic) bond motifs is 1. The van der Waals surface area contributed by atoms with Gasteiger partial charge in [-0.2, -0.15) is 0 Å². The number of halogens is 1. The summed E-state index contributed by atoms with van der Waals surface area (Å²) in [6.07, 6.45) is 3.41. The molecule has 0 atom stereocenters. The molecule has 4 aromatic rings. The van der Waals surface area contributed by atoms with E-state index in [1.165, 1.54) is 28.6 Å². The van der Waals surface area contributed by atoms with Crippen LogP contribution in [0.1, 0.15) is 17.0 Å². The van der Waals surface area contributed by atoms with E-state index in [-0.39, 0.29) is 22.8 Å². The number of anilines is 1.